The molecule has 0 atom stereocenters. The predicted octanol–water partition coefficient (Wildman–Crippen LogP) is 15.3. The molecule has 12 rings (SSSR count). The van der Waals surface area contributed by atoms with E-state index < -0.39 is 0 Å². The summed E-state index contributed by atoms with van der Waals surface area (Å²) in [6, 6.07) is 77.3. The topological polar surface area (TPSA) is 43.6 Å². The van der Waals surface area contributed by atoms with Crippen molar-refractivity contribution in [3.63, 3.8) is 0 Å². The molecule has 62 heavy (non-hydrogen) atoms. The number of fused-ring (bicyclic) bond motifs is 7. The lowest BCUT2D eigenvalue weighted by Gasteiger charge is -2.11. The summed E-state index contributed by atoms with van der Waals surface area (Å²) in [5, 5.41) is 5.07. The van der Waals surface area contributed by atoms with Gasteiger partial charge in [-0.15, -0.1) is 11.3 Å². The zero-order valence-corrected chi connectivity index (χ0v) is 34.3. The van der Waals surface area contributed by atoms with Gasteiger partial charge in [-0.1, -0.05) is 194 Å². The fourth-order valence-electron chi connectivity index (χ4n) is 8.85. The molecule has 0 N–H and O–H groups in total. The highest BCUT2D eigenvalue weighted by atomic mass is 32.1. The molecule has 0 unspecified atom stereocenters. The molecule has 0 aliphatic rings. The molecular formula is C57H36N4S. The van der Waals surface area contributed by atoms with Crippen LogP contribution in [0.4, 0.5) is 0 Å². The van der Waals surface area contributed by atoms with Crippen molar-refractivity contribution in [3.8, 4) is 73.2 Å². The SMILES string of the molecule is c1ccc(-c2ccc(-c3nc(-c4ccc(-c5cccc6c5sc5c6ccc6c7ccccc7n(-c7ccccc7)c65)cc4)nc(-c4cccc(-c5ccccc5)c4)n3)cc2)cc1. The predicted molar refractivity (Wildman–Crippen MR) is 260 cm³/mol. The van der Waals surface area contributed by atoms with Gasteiger partial charge in [0.25, 0.3) is 0 Å². The van der Waals surface area contributed by atoms with Crippen LogP contribution in [0.2, 0.25) is 0 Å². The first kappa shape index (κ1) is 35.9. The summed E-state index contributed by atoms with van der Waals surface area (Å²) in [5.74, 6) is 1.89. The third kappa shape index (κ3) is 6.18. The summed E-state index contributed by atoms with van der Waals surface area (Å²) in [5.41, 5.74) is 13.4. The summed E-state index contributed by atoms with van der Waals surface area (Å²) < 4.78 is 5.00. The Kier molecular flexibility index (Phi) is 8.65. The lowest BCUT2D eigenvalue weighted by Crippen LogP contribution is -2.00. The fourth-order valence-corrected chi connectivity index (χ4v) is 10.2. The van der Waals surface area contributed by atoms with Gasteiger partial charge in [0, 0.05) is 48.6 Å². The number of para-hydroxylation sites is 2. The largest absolute Gasteiger partial charge is 0.308 e. The zero-order chi connectivity index (χ0) is 41.0. The molecule has 0 radical (unpaired) electrons. The van der Waals surface area contributed by atoms with E-state index in [9.17, 15) is 0 Å². The first-order chi connectivity index (χ1) is 30.7. The average molecular weight is 809 g/mol. The summed E-state index contributed by atoms with van der Waals surface area (Å²) in [4.78, 5) is 15.4. The van der Waals surface area contributed by atoms with E-state index >= 15 is 0 Å². The summed E-state index contributed by atoms with van der Waals surface area (Å²) in [6.07, 6.45) is 0. The van der Waals surface area contributed by atoms with Gasteiger partial charge in [-0.3, -0.25) is 0 Å². The van der Waals surface area contributed by atoms with Crippen LogP contribution in [0.3, 0.4) is 0 Å². The van der Waals surface area contributed by atoms with Crippen molar-refractivity contribution in [3.05, 3.63) is 218 Å². The van der Waals surface area contributed by atoms with Gasteiger partial charge in [0.05, 0.1) is 15.7 Å². The fraction of sp³-hybridized carbons (Fsp3) is 0. The number of benzene rings is 9. The summed E-state index contributed by atoms with van der Waals surface area (Å²) >= 11 is 1.88. The average Bonchev–Trinajstić information content (AvgIpc) is 3.91. The molecule has 3 heterocycles. The lowest BCUT2D eigenvalue weighted by molar-refractivity contribution is 1.07. The molecule has 0 bridgehead atoms. The van der Waals surface area contributed by atoms with E-state index in [-0.39, 0.29) is 0 Å². The second-order valence-electron chi connectivity index (χ2n) is 15.6. The maximum Gasteiger partial charge on any atom is 0.164 e. The molecule has 9 aromatic carbocycles. The number of thiophene rings is 1. The monoisotopic (exact) mass is 808 g/mol. The van der Waals surface area contributed by atoms with Gasteiger partial charge in [-0.2, -0.15) is 0 Å². The lowest BCUT2D eigenvalue weighted by atomic mass is 10.0. The van der Waals surface area contributed by atoms with Gasteiger partial charge in [0.1, 0.15) is 0 Å². The number of aromatic nitrogens is 4. The second kappa shape index (κ2) is 14.9. The molecule has 12 aromatic rings. The van der Waals surface area contributed by atoms with Gasteiger partial charge in [-0.25, -0.2) is 15.0 Å². The van der Waals surface area contributed by atoms with Crippen LogP contribution in [0, 0.1) is 0 Å². The van der Waals surface area contributed by atoms with Crippen LogP contribution in [0.5, 0.6) is 0 Å². The van der Waals surface area contributed by atoms with Crippen molar-refractivity contribution < 1.29 is 0 Å². The Morgan fingerprint density at radius 1 is 0.306 bits per heavy atom. The highest BCUT2D eigenvalue weighted by Gasteiger charge is 2.20. The summed E-state index contributed by atoms with van der Waals surface area (Å²) in [7, 11) is 0. The van der Waals surface area contributed by atoms with Gasteiger partial charge in [0.2, 0.25) is 0 Å². The Morgan fingerprint density at radius 2 is 0.774 bits per heavy atom. The Balaban J connectivity index is 0.971. The van der Waals surface area contributed by atoms with E-state index in [0.717, 1.165) is 44.6 Å². The van der Waals surface area contributed by atoms with Crippen LogP contribution in [-0.4, -0.2) is 19.5 Å². The molecular weight excluding hydrogens is 773 g/mol. The van der Waals surface area contributed by atoms with Gasteiger partial charge in [-0.05, 0) is 57.6 Å². The van der Waals surface area contributed by atoms with Crippen LogP contribution in [0.15, 0.2) is 218 Å². The van der Waals surface area contributed by atoms with Crippen molar-refractivity contribution in [1.29, 1.82) is 0 Å². The Hall–Kier alpha value is -7.99. The Bertz CT molecular complexity index is 3590. The first-order valence-corrected chi connectivity index (χ1v) is 21.7. The minimum atomic E-state index is 0.630. The zero-order valence-electron chi connectivity index (χ0n) is 33.5. The number of nitrogens with zero attached hydrogens (tertiary/aromatic N) is 4. The number of hydrogen-bond acceptors (Lipinski definition) is 4. The normalized spacial score (nSPS) is 11.5. The van der Waals surface area contributed by atoms with E-state index in [1.165, 1.54) is 53.1 Å². The van der Waals surface area contributed by atoms with Gasteiger partial charge < -0.3 is 4.57 Å². The molecule has 290 valence electrons. The molecule has 5 heteroatoms. The maximum absolute atomic E-state index is 5.14. The molecule has 0 aliphatic heterocycles. The minimum Gasteiger partial charge on any atom is -0.308 e. The molecule has 0 saturated carbocycles. The molecule has 4 nitrogen and oxygen atoms in total. The van der Waals surface area contributed by atoms with Crippen molar-refractivity contribution in [1.82, 2.24) is 19.5 Å². The molecule has 0 spiro atoms. The molecule has 3 aromatic heterocycles. The highest BCUT2D eigenvalue weighted by Crippen LogP contribution is 2.46. The molecule has 0 amide bonds. The molecule has 0 aliphatic carbocycles. The third-order valence-corrected chi connectivity index (χ3v) is 13.1. The first-order valence-electron chi connectivity index (χ1n) is 20.8. The number of rotatable bonds is 7. The van der Waals surface area contributed by atoms with Crippen LogP contribution in [-0.2, 0) is 0 Å². The third-order valence-electron chi connectivity index (χ3n) is 11.9. The van der Waals surface area contributed by atoms with Crippen LogP contribution in [0.1, 0.15) is 0 Å². The van der Waals surface area contributed by atoms with Crippen LogP contribution in [0.25, 0.3) is 115 Å². The standard InChI is InChI=1S/C57H36N4S/c1-4-14-37(15-5-1)39-26-30-41(31-27-39)55-58-56(60-57(59-55)44-19-12-18-43(36-44)38-16-6-2-7-17-38)42-32-28-40(29-33-42)46-23-13-24-49-50-35-34-48-47-22-10-11-25-51(47)61(45-20-8-3-9-21-45)52(48)54(50)62-53(46)49/h1-36H. The van der Waals surface area contributed by atoms with E-state index in [2.05, 4.69) is 211 Å². The van der Waals surface area contributed by atoms with Crippen LogP contribution < -0.4 is 0 Å². The number of hydrogen-bond donors (Lipinski definition) is 0. The van der Waals surface area contributed by atoms with E-state index in [1.807, 2.05) is 23.5 Å². The smallest absolute Gasteiger partial charge is 0.164 e. The summed E-state index contributed by atoms with van der Waals surface area (Å²) in [6.45, 7) is 0. The highest BCUT2D eigenvalue weighted by molar-refractivity contribution is 7.27. The molecule has 0 fully saturated rings. The maximum atomic E-state index is 5.14. The van der Waals surface area contributed by atoms with Crippen molar-refractivity contribution >= 4 is 53.3 Å². The molecule has 0 saturated heterocycles. The minimum absolute atomic E-state index is 0.630. The van der Waals surface area contributed by atoms with E-state index in [1.54, 1.807) is 0 Å². The van der Waals surface area contributed by atoms with Crippen LogP contribution >= 0.6 is 11.3 Å². The van der Waals surface area contributed by atoms with Crippen molar-refractivity contribution in [2.45, 2.75) is 0 Å². The van der Waals surface area contributed by atoms with E-state index in [4.69, 9.17) is 15.0 Å². The van der Waals surface area contributed by atoms with E-state index in [0.29, 0.717) is 17.5 Å². The Morgan fingerprint density at radius 3 is 1.47 bits per heavy atom. The van der Waals surface area contributed by atoms with Gasteiger partial charge in [0.15, 0.2) is 17.5 Å². The quantitative estimate of drug-likeness (QED) is 0.161. The van der Waals surface area contributed by atoms with Crippen molar-refractivity contribution in [2.24, 2.45) is 0 Å². The van der Waals surface area contributed by atoms with Crippen molar-refractivity contribution in [2.75, 3.05) is 0 Å². The van der Waals surface area contributed by atoms with Gasteiger partial charge >= 0.3 is 0 Å². The second-order valence-corrected chi connectivity index (χ2v) is 16.6. The Labute approximate surface area is 362 Å².